The van der Waals surface area contributed by atoms with Gasteiger partial charge in [-0.3, -0.25) is 0 Å². The molecule has 1 aliphatic rings. The molecule has 1 aliphatic carbocycles. The Morgan fingerprint density at radius 1 is 1.38 bits per heavy atom. The summed E-state index contributed by atoms with van der Waals surface area (Å²) in [5, 5.41) is 13.7. The molecule has 16 heavy (non-hydrogen) atoms. The molecule has 2 N–H and O–H groups in total. The highest BCUT2D eigenvalue weighted by atomic mass is 32.2. The number of hydrogen-bond acceptors (Lipinski definition) is 3. The van der Waals surface area contributed by atoms with E-state index >= 15 is 0 Å². The zero-order valence-electron chi connectivity index (χ0n) is 10.8. The van der Waals surface area contributed by atoms with Crippen LogP contribution >= 0.6 is 11.8 Å². The largest absolute Gasteiger partial charge is 0.389 e. The van der Waals surface area contributed by atoms with Gasteiger partial charge in [0.25, 0.3) is 0 Å². The van der Waals surface area contributed by atoms with Gasteiger partial charge in [0.1, 0.15) is 0 Å². The molecule has 0 saturated heterocycles. The van der Waals surface area contributed by atoms with Gasteiger partial charge in [-0.05, 0) is 56.1 Å². The minimum Gasteiger partial charge on any atom is -0.389 e. The number of hydrogen-bond donors (Lipinski definition) is 2. The second kappa shape index (κ2) is 7.57. The van der Waals surface area contributed by atoms with E-state index < -0.39 is 5.60 Å². The lowest BCUT2D eigenvalue weighted by Gasteiger charge is -2.35. The highest BCUT2D eigenvalue weighted by Gasteiger charge is 2.30. The normalized spacial score (nSPS) is 30.6. The average molecular weight is 245 g/mol. The van der Waals surface area contributed by atoms with E-state index in [9.17, 15) is 5.11 Å². The summed E-state index contributed by atoms with van der Waals surface area (Å²) in [4.78, 5) is 0. The van der Waals surface area contributed by atoms with Crippen LogP contribution < -0.4 is 5.32 Å². The van der Waals surface area contributed by atoms with Gasteiger partial charge in [-0.15, -0.1) is 0 Å². The lowest BCUT2D eigenvalue weighted by molar-refractivity contribution is -0.00586. The lowest BCUT2D eigenvalue weighted by atomic mass is 9.79. The molecule has 0 aliphatic heterocycles. The van der Waals surface area contributed by atoms with E-state index in [0.29, 0.717) is 0 Å². The molecule has 0 aromatic heterocycles. The van der Waals surface area contributed by atoms with E-state index in [0.717, 1.165) is 31.8 Å². The van der Waals surface area contributed by atoms with Gasteiger partial charge in [0.05, 0.1) is 5.60 Å². The van der Waals surface area contributed by atoms with Gasteiger partial charge in [0.15, 0.2) is 0 Å². The van der Waals surface area contributed by atoms with Crippen LogP contribution in [-0.2, 0) is 0 Å². The molecule has 1 rings (SSSR count). The van der Waals surface area contributed by atoms with E-state index in [-0.39, 0.29) is 0 Å². The van der Waals surface area contributed by atoms with Gasteiger partial charge in [-0.2, -0.15) is 11.8 Å². The van der Waals surface area contributed by atoms with E-state index in [1.54, 1.807) is 0 Å². The second-order valence-corrected chi connectivity index (χ2v) is 6.53. The molecule has 0 unspecified atom stereocenters. The van der Waals surface area contributed by atoms with Crippen LogP contribution in [-0.4, -0.2) is 35.3 Å². The van der Waals surface area contributed by atoms with E-state index in [4.69, 9.17) is 0 Å². The topological polar surface area (TPSA) is 32.3 Å². The molecule has 0 heterocycles. The van der Waals surface area contributed by atoms with Gasteiger partial charge >= 0.3 is 0 Å². The SMILES string of the molecule is CCSCCCNCC1(O)CCC(C)CC1. The van der Waals surface area contributed by atoms with Crippen LogP contribution in [0, 0.1) is 5.92 Å². The molecule has 0 aromatic rings. The van der Waals surface area contributed by atoms with E-state index in [1.165, 1.54) is 30.8 Å². The van der Waals surface area contributed by atoms with Gasteiger partial charge in [0, 0.05) is 6.54 Å². The third-order valence-corrected chi connectivity index (χ3v) is 4.49. The first-order valence-electron chi connectivity index (χ1n) is 6.67. The van der Waals surface area contributed by atoms with E-state index in [2.05, 4.69) is 19.2 Å². The van der Waals surface area contributed by atoms with Crippen LogP contribution in [0.2, 0.25) is 0 Å². The predicted octanol–water partition coefficient (Wildman–Crippen LogP) is 2.66. The van der Waals surface area contributed by atoms with Crippen molar-refractivity contribution in [3.8, 4) is 0 Å². The third-order valence-electron chi connectivity index (χ3n) is 3.51. The van der Waals surface area contributed by atoms with Crippen LogP contribution in [0.5, 0.6) is 0 Å². The fourth-order valence-electron chi connectivity index (χ4n) is 2.24. The maximum atomic E-state index is 10.3. The van der Waals surface area contributed by atoms with Crippen molar-refractivity contribution in [3.63, 3.8) is 0 Å². The summed E-state index contributed by atoms with van der Waals surface area (Å²) in [7, 11) is 0. The van der Waals surface area contributed by atoms with Crippen LogP contribution in [0.1, 0.15) is 46.0 Å². The minimum absolute atomic E-state index is 0.412. The molecule has 1 fully saturated rings. The van der Waals surface area contributed by atoms with Gasteiger partial charge in [-0.25, -0.2) is 0 Å². The predicted molar refractivity (Wildman–Crippen MR) is 73.1 cm³/mol. The van der Waals surface area contributed by atoms with Crippen molar-refractivity contribution in [1.29, 1.82) is 0 Å². The third kappa shape index (κ3) is 5.55. The standard InChI is InChI=1S/C13H27NOS/c1-3-16-10-4-9-14-11-13(15)7-5-12(2)6-8-13/h12,14-15H,3-11H2,1-2H3. The second-order valence-electron chi connectivity index (χ2n) is 5.13. The fraction of sp³-hybridized carbons (Fsp3) is 1.00. The Hall–Kier alpha value is 0.270. The first-order chi connectivity index (χ1) is 7.66. The summed E-state index contributed by atoms with van der Waals surface area (Å²) in [6, 6.07) is 0. The highest BCUT2D eigenvalue weighted by Crippen LogP contribution is 2.31. The molecular formula is C13H27NOS. The van der Waals surface area contributed by atoms with Crippen molar-refractivity contribution >= 4 is 11.8 Å². The zero-order chi connectivity index (χ0) is 11.9. The number of rotatable bonds is 7. The van der Waals surface area contributed by atoms with Gasteiger partial charge < -0.3 is 10.4 Å². The summed E-state index contributed by atoms with van der Waals surface area (Å²) < 4.78 is 0. The zero-order valence-corrected chi connectivity index (χ0v) is 11.6. The molecule has 96 valence electrons. The molecule has 0 spiro atoms. The molecule has 0 amide bonds. The molecule has 0 atom stereocenters. The summed E-state index contributed by atoms with van der Waals surface area (Å²) >= 11 is 1.99. The maximum absolute atomic E-state index is 10.3. The average Bonchev–Trinajstić information content (AvgIpc) is 2.28. The molecule has 0 radical (unpaired) electrons. The number of aliphatic hydroxyl groups is 1. The van der Waals surface area contributed by atoms with Crippen LogP contribution in [0.25, 0.3) is 0 Å². The Labute approximate surface area is 105 Å². The van der Waals surface area contributed by atoms with Crippen molar-refractivity contribution < 1.29 is 5.11 Å². The Balaban J connectivity index is 2.03. The number of thioether (sulfide) groups is 1. The smallest absolute Gasteiger partial charge is 0.0771 e. The van der Waals surface area contributed by atoms with Gasteiger partial charge in [-0.1, -0.05) is 13.8 Å². The van der Waals surface area contributed by atoms with Crippen molar-refractivity contribution in [1.82, 2.24) is 5.32 Å². The monoisotopic (exact) mass is 245 g/mol. The quantitative estimate of drug-likeness (QED) is 0.676. The number of nitrogens with one attached hydrogen (secondary N) is 1. The summed E-state index contributed by atoms with van der Waals surface area (Å²) in [6.07, 6.45) is 5.54. The van der Waals surface area contributed by atoms with Crippen LogP contribution in [0.15, 0.2) is 0 Å². The molecular weight excluding hydrogens is 218 g/mol. The minimum atomic E-state index is -0.412. The lowest BCUT2D eigenvalue weighted by Crippen LogP contribution is -2.43. The fourth-order valence-corrected chi connectivity index (χ4v) is 2.88. The summed E-state index contributed by atoms with van der Waals surface area (Å²) in [6.45, 7) is 6.32. The van der Waals surface area contributed by atoms with Crippen LogP contribution in [0.4, 0.5) is 0 Å². The molecule has 0 aromatic carbocycles. The highest BCUT2D eigenvalue weighted by molar-refractivity contribution is 7.99. The Morgan fingerprint density at radius 3 is 2.69 bits per heavy atom. The van der Waals surface area contributed by atoms with E-state index in [1.807, 2.05) is 11.8 Å². The van der Waals surface area contributed by atoms with Gasteiger partial charge in [0.2, 0.25) is 0 Å². The Bertz CT molecular complexity index is 179. The Morgan fingerprint density at radius 2 is 2.06 bits per heavy atom. The summed E-state index contributed by atoms with van der Waals surface area (Å²) in [5.74, 6) is 3.25. The Kier molecular flexibility index (Phi) is 6.78. The van der Waals surface area contributed by atoms with Crippen molar-refractivity contribution in [3.05, 3.63) is 0 Å². The molecule has 3 heteroatoms. The maximum Gasteiger partial charge on any atom is 0.0771 e. The van der Waals surface area contributed by atoms with Crippen LogP contribution in [0.3, 0.4) is 0 Å². The molecule has 0 bridgehead atoms. The summed E-state index contributed by atoms with van der Waals surface area (Å²) in [5.41, 5.74) is -0.412. The van der Waals surface area contributed by atoms with Crippen molar-refractivity contribution in [2.45, 2.75) is 51.6 Å². The first-order valence-corrected chi connectivity index (χ1v) is 7.82. The van der Waals surface area contributed by atoms with Crippen molar-refractivity contribution in [2.75, 3.05) is 24.6 Å². The molecule has 2 nitrogen and oxygen atoms in total. The first kappa shape index (κ1) is 14.3. The molecule has 1 saturated carbocycles. The van der Waals surface area contributed by atoms with Crippen molar-refractivity contribution in [2.24, 2.45) is 5.92 Å².